The van der Waals surface area contributed by atoms with Gasteiger partial charge in [0.1, 0.15) is 12.2 Å². The van der Waals surface area contributed by atoms with Crippen molar-refractivity contribution >= 4 is 11.9 Å². The molecule has 3 aliphatic rings. The highest BCUT2D eigenvalue weighted by Crippen LogP contribution is 2.60. The van der Waals surface area contributed by atoms with E-state index in [0.29, 0.717) is 24.2 Å². The van der Waals surface area contributed by atoms with Crippen molar-refractivity contribution in [3.8, 4) is 0 Å². The first-order valence-corrected chi connectivity index (χ1v) is 15.8. The molecule has 5 heteroatoms. The Morgan fingerprint density at radius 2 is 1.70 bits per heavy atom. The Kier molecular flexibility index (Phi) is 10.9. The van der Waals surface area contributed by atoms with E-state index in [4.69, 9.17) is 9.47 Å². The molecule has 0 bridgehead atoms. The molecule has 226 valence electrons. The second-order valence-corrected chi connectivity index (χ2v) is 14.4. The lowest BCUT2D eigenvalue weighted by molar-refractivity contribution is -0.166. The molecule has 0 saturated heterocycles. The minimum absolute atomic E-state index is 0.0501. The van der Waals surface area contributed by atoms with Crippen LogP contribution in [0.3, 0.4) is 0 Å². The minimum atomic E-state index is -1.06. The maximum absolute atomic E-state index is 12.3. The molecule has 1 unspecified atom stereocenters. The molecule has 0 radical (unpaired) electrons. The lowest BCUT2D eigenvalue weighted by Gasteiger charge is -2.44. The largest absolute Gasteiger partial charge is 0.462 e. The van der Waals surface area contributed by atoms with Crippen LogP contribution < -0.4 is 0 Å². The average Bonchev–Trinajstić information content (AvgIpc) is 3.23. The number of esters is 2. The van der Waals surface area contributed by atoms with Gasteiger partial charge in [-0.05, 0) is 100 Å². The van der Waals surface area contributed by atoms with E-state index in [1.165, 1.54) is 36.8 Å². The van der Waals surface area contributed by atoms with Crippen LogP contribution in [-0.4, -0.2) is 34.9 Å². The van der Waals surface area contributed by atoms with Crippen LogP contribution in [0.15, 0.2) is 35.5 Å². The van der Waals surface area contributed by atoms with Gasteiger partial charge in [0.2, 0.25) is 0 Å². The molecule has 3 aliphatic carbocycles. The van der Waals surface area contributed by atoms with Crippen molar-refractivity contribution in [2.45, 2.75) is 137 Å². The number of rotatable bonds is 10. The summed E-state index contributed by atoms with van der Waals surface area (Å²) in [4.78, 5) is 24.4. The molecule has 0 aromatic heterocycles. The molecule has 0 aromatic rings. The Morgan fingerprint density at radius 1 is 1.02 bits per heavy atom. The Morgan fingerprint density at radius 3 is 2.33 bits per heavy atom. The number of allylic oxidation sites excluding steroid dienone is 4. The number of fused-ring (bicyclic) bond motifs is 1. The summed E-state index contributed by atoms with van der Waals surface area (Å²) in [6.45, 7) is 20.1. The number of hydrogen-bond acceptors (Lipinski definition) is 5. The Bertz CT molecular complexity index is 980. The van der Waals surface area contributed by atoms with Gasteiger partial charge in [-0.25, -0.2) is 0 Å². The third-order valence-corrected chi connectivity index (χ3v) is 10.0. The molecule has 0 aliphatic heterocycles. The highest BCUT2D eigenvalue weighted by molar-refractivity contribution is 5.72. The quantitative estimate of drug-likeness (QED) is 0.275. The Hall–Kier alpha value is -1.88. The summed E-state index contributed by atoms with van der Waals surface area (Å²) < 4.78 is 11.5. The van der Waals surface area contributed by atoms with Crippen molar-refractivity contribution in [1.82, 2.24) is 0 Å². The lowest BCUT2D eigenvalue weighted by atomic mass is 9.60. The van der Waals surface area contributed by atoms with Crippen LogP contribution in [0.25, 0.3) is 0 Å². The van der Waals surface area contributed by atoms with E-state index < -0.39 is 11.7 Å². The van der Waals surface area contributed by atoms with Crippen molar-refractivity contribution in [2.75, 3.05) is 0 Å². The predicted molar refractivity (Wildman–Crippen MR) is 161 cm³/mol. The first-order chi connectivity index (χ1) is 18.6. The Labute approximate surface area is 243 Å². The van der Waals surface area contributed by atoms with E-state index in [-0.39, 0.29) is 35.3 Å². The van der Waals surface area contributed by atoms with E-state index in [0.717, 1.165) is 32.1 Å². The molecular formula is C35H56O5. The van der Waals surface area contributed by atoms with Gasteiger partial charge in [-0.15, -0.1) is 0 Å². The number of carbonyl (C=O) groups excluding carboxylic acids is 2. The molecule has 0 amide bonds. The summed E-state index contributed by atoms with van der Waals surface area (Å²) in [5, 5.41) is 10.7. The maximum Gasteiger partial charge on any atom is 0.308 e. The summed E-state index contributed by atoms with van der Waals surface area (Å²) in [5.41, 5.74) is 3.16. The van der Waals surface area contributed by atoms with Gasteiger partial charge in [0.15, 0.2) is 0 Å². The standard InChI is InChI=1S/C35H56O5/c1-22(2)32(36)39-28-16-12-24(5)27(21-28)15-14-26-11-10-20-35(9)29(17-18-30(26)35)25(6)13-19-31(34(7,8)38)40-33(37)23(3)4/h14-15,22-23,25,28-31,38H,5,10-13,16-21H2,1-4,6-9H3/b26-14+,27-15-/t25-,28+,29-,30+,31?,35-/m1/s1. The first kappa shape index (κ1) is 32.6. The molecule has 3 saturated carbocycles. The van der Waals surface area contributed by atoms with Crippen molar-refractivity contribution in [3.63, 3.8) is 0 Å². The van der Waals surface area contributed by atoms with Crippen LogP contribution in [0.1, 0.15) is 120 Å². The van der Waals surface area contributed by atoms with Gasteiger partial charge < -0.3 is 14.6 Å². The smallest absolute Gasteiger partial charge is 0.308 e. The van der Waals surface area contributed by atoms with Gasteiger partial charge in [-0.1, -0.05) is 71.4 Å². The van der Waals surface area contributed by atoms with Gasteiger partial charge in [0.05, 0.1) is 17.4 Å². The molecule has 3 fully saturated rings. The van der Waals surface area contributed by atoms with Gasteiger partial charge >= 0.3 is 11.9 Å². The molecule has 0 spiro atoms. The molecule has 5 nitrogen and oxygen atoms in total. The number of ether oxygens (including phenoxy) is 2. The van der Waals surface area contributed by atoms with Crippen molar-refractivity contribution in [1.29, 1.82) is 0 Å². The molecule has 0 aromatic carbocycles. The second-order valence-electron chi connectivity index (χ2n) is 14.4. The van der Waals surface area contributed by atoms with E-state index in [1.807, 2.05) is 27.7 Å². The molecule has 40 heavy (non-hydrogen) atoms. The zero-order valence-electron chi connectivity index (χ0n) is 26.6. The van der Waals surface area contributed by atoms with Crippen LogP contribution in [0.4, 0.5) is 0 Å². The van der Waals surface area contributed by atoms with E-state index in [1.54, 1.807) is 19.4 Å². The highest BCUT2D eigenvalue weighted by Gasteiger charge is 2.50. The minimum Gasteiger partial charge on any atom is -0.462 e. The van der Waals surface area contributed by atoms with E-state index in [2.05, 4.69) is 32.6 Å². The summed E-state index contributed by atoms with van der Waals surface area (Å²) in [5.74, 6) is 1.02. The second kappa shape index (κ2) is 13.4. The number of carbonyl (C=O) groups is 2. The average molecular weight is 557 g/mol. The van der Waals surface area contributed by atoms with Crippen LogP contribution in [0.2, 0.25) is 0 Å². The summed E-state index contributed by atoms with van der Waals surface area (Å²) in [6.07, 6.45) is 14.2. The highest BCUT2D eigenvalue weighted by atomic mass is 16.6. The van der Waals surface area contributed by atoms with Crippen molar-refractivity contribution < 1.29 is 24.2 Å². The van der Waals surface area contributed by atoms with Gasteiger partial charge in [0, 0.05) is 6.42 Å². The molecule has 3 rings (SSSR count). The van der Waals surface area contributed by atoms with Crippen LogP contribution in [0.5, 0.6) is 0 Å². The zero-order chi connectivity index (χ0) is 29.8. The third-order valence-electron chi connectivity index (χ3n) is 10.0. The van der Waals surface area contributed by atoms with E-state index >= 15 is 0 Å². The normalized spacial score (nSPS) is 31.0. The lowest BCUT2D eigenvalue weighted by Crippen LogP contribution is -2.41. The maximum atomic E-state index is 12.3. The fraction of sp³-hybridized carbons (Fsp3) is 0.771. The molecule has 0 heterocycles. The van der Waals surface area contributed by atoms with Crippen LogP contribution >= 0.6 is 0 Å². The number of hydrogen-bond donors (Lipinski definition) is 1. The van der Waals surface area contributed by atoms with E-state index in [9.17, 15) is 14.7 Å². The van der Waals surface area contributed by atoms with Crippen molar-refractivity contribution in [2.24, 2.45) is 35.0 Å². The fourth-order valence-electron chi connectivity index (χ4n) is 7.44. The SMILES string of the molecule is C=C1CC[C@H](OC(=O)C(C)C)C/C1=C/C=C1\CCC[C@]2(C)[C@@H]([C@H](C)CCC(OC(=O)C(C)C)C(C)(C)O)CC[C@@H]12. The van der Waals surface area contributed by atoms with Crippen LogP contribution in [0, 0.1) is 35.0 Å². The van der Waals surface area contributed by atoms with Gasteiger partial charge in [-0.2, -0.15) is 0 Å². The van der Waals surface area contributed by atoms with Gasteiger partial charge in [0.25, 0.3) is 0 Å². The van der Waals surface area contributed by atoms with Crippen LogP contribution in [-0.2, 0) is 19.1 Å². The monoisotopic (exact) mass is 556 g/mol. The number of aliphatic hydroxyl groups is 1. The van der Waals surface area contributed by atoms with Crippen molar-refractivity contribution in [3.05, 3.63) is 35.5 Å². The molecular weight excluding hydrogens is 500 g/mol. The third kappa shape index (κ3) is 7.89. The zero-order valence-corrected chi connectivity index (χ0v) is 26.6. The summed E-state index contributed by atoms with van der Waals surface area (Å²) in [7, 11) is 0. The molecule has 1 N–H and O–H groups in total. The fourth-order valence-corrected chi connectivity index (χ4v) is 7.44. The molecule has 6 atom stereocenters. The first-order valence-electron chi connectivity index (χ1n) is 15.8. The predicted octanol–water partition coefficient (Wildman–Crippen LogP) is 8.12. The Balaban J connectivity index is 1.68. The topological polar surface area (TPSA) is 72.8 Å². The summed E-state index contributed by atoms with van der Waals surface area (Å²) in [6, 6.07) is 0. The summed E-state index contributed by atoms with van der Waals surface area (Å²) >= 11 is 0. The van der Waals surface area contributed by atoms with Gasteiger partial charge in [-0.3, -0.25) is 9.59 Å².